The van der Waals surface area contributed by atoms with Gasteiger partial charge >= 0.3 is 5.97 Å². The summed E-state index contributed by atoms with van der Waals surface area (Å²) in [4.78, 5) is 20.9. The topological polar surface area (TPSA) is 90.1 Å². The maximum absolute atomic E-state index is 11.2. The van der Waals surface area contributed by atoms with E-state index < -0.39 is 12.0 Å². The molecule has 2 rings (SSSR count). The lowest BCUT2D eigenvalue weighted by Crippen LogP contribution is -2.39. The molecule has 1 saturated heterocycles. The van der Waals surface area contributed by atoms with Crippen molar-refractivity contribution >= 4 is 11.8 Å². The smallest absolute Gasteiger partial charge is 0.326 e. The molecular formula is C11H12N4O2. The van der Waals surface area contributed by atoms with Gasteiger partial charge in [0.25, 0.3) is 0 Å². The highest BCUT2D eigenvalue weighted by Gasteiger charge is 2.37. The first kappa shape index (κ1) is 11.3. The normalized spacial score (nSPS) is 23.4. The second-order valence-corrected chi connectivity index (χ2v) is 4.11. The Balaban J connectivity index is 2.27. The van der Waals surface area contributed by atoms with Gasteiger partial charge in [-0.2, -0.15) is 5.26 Å². The second kappa shape index (κ2) is 4.37. The molecule has 1 fully saturated rings. The fourth-order valence-electron chi connectivity index (χ4n) is 2.11. The van der Waals surface area contributed by atoms with Gasteiger partial charge in [0.05, 0.1) is 12.4 Å². The van der Waals surface area contributed by atoms with E-state index in [2.05, 4.69) is 9.97 Å². The molecule has 1 aromatic heterocycles. The molecule has 0 saturated carbocycles. The van der Waals surface area contributed by atoms with Gasteiger partial charge in [-0.3, -0.25) is 0 Å². The summed E-state index contributed by atoms with van der Waals surface area (Å²) in [7, 11) is 0. The number of nitrogens with zero attached hydrogens (tertiary/aromatic N) is 4. The van der Waals surface area contributed by atoms with E-state index in [9.17, 15) is 9.90 Å². The Morgan fingerprint density at radius 3 is 2.88 bits per heavy atom. The molecule has 1 N–H and O–H groups in total. The summed E-state index contributed by atoms with van der Waals surface area (Å²) >= 11 is 0. The number of carboxylic acid groups (broad SMARTS) is 1. The van der Waals surface area contributed by atoms with Crippen molar-refractivity contribution in [2.45, 2.75) is 19.4 Å². The number of anilines is 1. The van der Waals surface area contributed by atoms with E-state index in [0.717, 1.165) is 6.42 Å². The average molecular weight is 232 g/mol. The zero-order valence-corrected chi connectivity index (χ0v) is 9.37. The van der Waals surface area contributed by atoms with Crippen LogP contribution in [0.15, 0.2) is 12.4 Å². The van der Waals surface area contributed by atoms with Gasteiger partial charge < -0.3 is 10.0 Å². The van der Waals surface area contributed by atoms with Crippen LogP contribution in [-0.4, -0.2) is 33.6 Å². The molecule has 0 amide bonds. The molecule has 0 bridgehead atoms. The van der Waals surface area contributed by atoms with Crippen molar-refractivity contribution < 1.29 is 9.90 Å². The Hall–Kier alpha value is -2.16. The van der Waals surface area contributed by atoms with E-state index >= 15 is 0 Å². The average Bonchev–Trinajstić information content (AvgIpc) is 2.71. The van der Waals surface area contributed by atoms with Crippen LogP contribution < -0.4 is 4.90 Å². The van der Waals surface area contributed by atoms with E-state index in [1.807, 2.05) is 13.0 Å². The van der Waals surface area contributed by atoms with Crippen molar-refractivity contribution in [3.8, 4) is 6.07 Å². The number of rotatable bonds is 2. The highest BCUT2D eigenvalue weighted by molar-refractivity contribution is 5.78. The SMILES string of the molecule is CC1CCN(c2cnc(C#N)cn2)C1C(=O)O. The first-order valence-corrected chi connectivity index (χ1v) is 5.35. The highest BCUT2D eigenvalue weighted by Crippen LogP contribution is 2.27. The van der Waals surface area contributed by atoms with Gasteiger partial charge in [0.15, 0.2) is 5.69 Å². The van der Waals surface area contributed by atoms with E-state index in [4.69, 9.17) is 5.26 Å². The van der Waals surface area contributed by atoms with Gasteiger partial charge in [-0.15, -0.1) is 0 Å². The van der Waals surface area contributed by atoms with Crippen molar-refractivity contribution in [2.75, 3.05) is 11.4 Å². The highest BCUT2D eigenvalue weighted by atomic mass is 16.4. The van der Waals surface area contributed by atoms with Crippen molar-refractivity contribution in [3.05, 3.63) is 18.1 Å². The molecule has 2 unspecified atom stereocenters. The lowest BCUT2D eigenvalue weighted by molar-refractivity contribution is -0.139. The van der Waals surface area contributed by atoms with Crippen molar-refractivity contribution in [1.29, 1.82) is 5.26 Å². The van der Waals surface area contributed by atoms with Crippen LogP contribution >= 0.6 is 0 Å². The summed E-state index contributed by atoms with van der Waals surface area (Å²) < 4.78 is 0. The summed E-state index contributed by atoms with van der Waals surface area (Å²) in [6, 6.07) is 1.32. The van der Waals surface area contributed by atoms with Gasteiger partial charge in [0.1, 0.15) is 17.9 Å². The maximum Gasteiger partial charge on any atom is 0.326 e. The Morgan fingerprint density at radius 2 is 2.35 bits per heavy atom. The zero-order valence-electron chi connectivity index (χ0n) is 9.37. The molecule has 6 nitrogen and oxygen atoms in total. The number of aromatic nitrogens is 2. The third kappa shape index (κ3) is 2.04. The van der Waals surface area contributed by atoms with Gasteiger partial charge in [-0.05, 0) is 12.3 Å². The first-order valence-electron chi connectivity index (χ1n) is 5.35. The molecule has 1 aromatic rings. The molecule has 0 spiro atoms. The predicted molar refractivity (Wildman–Crippen MR) is 59.3 cm³/mol. The third-order valence-corrected chi connectivity index (χ3v) is 3.00. The standard InChI is InChI=1S/C11H12N4O2/c1-7-2-3-15(10(7)11(16)17)9-6-13-8(4-12)5-14-9/h5-7,10H,2-3H2,1H3,(H,16,17). The molecule has 17 heavy (non-hydrogen) atoms. The van der Waals surface area contributed by atoms with E-state index in [1.54, 1.807) is 4.90 Å². The van der Waals surface area contributed by atoms with Crippen LogP contribution in [0.4, 0.5) is 5.82 Å². The lowest BCUT2D eigenvalue weighted by Gasteiger charge is -2.23. The monoisotopic (exact) mass is 232 g/mol. The maximum atomic E-state index is 11.2. The molecule has 6 heteroatoms. The molecule has 2 atom stereocenters. The van der Waals surface area contributed by atoms with Gasteiger partial charge in [0, 0.05) is 6.54 Å². The van der Waals surface area contributed by atoms with Gasteiger partial charge in [-0.1, -0.05) is 6.92 Å². The molecule has 2 heterocycles. The van der Waals surface area contributed by atoms with Crippen LogP contribution in [-0.2, 0) is 4.79 Å². The number of hydrogen-bond acceptors (Lipinski definition) is 5. The molecular weight excluding hydrogens is 220 g/mol. The van der Waals surface area contributed by atoms with Gasteiger partial charge in [-0.25, -0.2) is 14.8 Å². The fraction of sp³-hybridized carbons (Fsp3) is 0.455. The van der Waals surface area contributed by atoms with E-state index in [1.165, 1.54) is 12.4 Å². The van der Waals surface area contributed by atoms with E-state index in [-0.39, 0.29) is 11.6 Å². The minimum atomic E-state index is -0.846. The second-order valence-electron chi connectivity index (χ2n) is 4.11. The summed E-state index contributed by atoms with van der Waals surface area (Å²) in [6.07, 6.45) is 3.63. The summed E-state index contributed by atoms with van der Waals surface area (Å²) in [5.41, 5.74) is 0.230. The van der Waals surface area contributed by atoms with E-state index in [0.29, 0.717) is 12.4 Å². The number of aliphatic carboxylic acids is 1. The lowest BCUT2D eigenvalue weighted by atomic mass is 10.0. The summed E-state index contributed by atoms with van der Waals surface area (Å²) in [5.74, 6) is -0.244. The molecule has 0 aliphatic carbocycles. The Kier molecular flexibility index (Phi) is 2.91. The quantitative estimate of drug-likeness (QED) is 0.805. The van der Waals surface area contributed by atoms with Crippen LogP contribution in [0.3, 0.4) is 0 Å². The number of carboxylic acids is 1. The van der Waals surface area contributed by atoms with Crippen LogP contribution in [0.2, 0.25) is 0 Å². The number of hydrogen-bond donors (Lipinski definition) is 1. The van der Waals surface area contributed by atoms with Crippen molar-refractivity contribution in [3.63, 3.8) is 0 Å². The minimum absolute atomic E-state index is 0.0879. The first-order chi connectivity index (χ1) is 8.13. The summed E-state index contributed by atoms with van der Waals surface area (Å²) in [5, 5.41) is 17.8. The molecule has 0 aromatic carbocycles. The van der Waals surface area contributed by atoms with Crippen LogP contribution in [0.1, 0.15) is 19.0 Å². The Labute approximate surface area is 98.5 Å². The van der Waals surface area contributed by atoms with Crippen molar-refractivity contribution in [2.24, 2.45) is 5.92 Å². The van der Waals surface area contributed by atoms with Gasteiger partial charge in [0.2, 0.25) is 0 Å². The van der Waals surface area contributed by atoms with Crippen molar-refractivity contribution in [1.82, 2.24) is 9.97 Å². The van der Waals surface area contributed by atoms with Crippen LogP contribution in [0.5, 0.6) is 0 Å². The molecule has 1 aliphatic heterocycles. The molecule has 0 radical (unpaired) electrons. The third-order valence-electron chi connectivity index (χ3n) is 3.00. The Bertz CT molecular complexity index is 465. The van der Waals surface area contributed by atoms with Crippen LogP contribution in [0.25, 0.3) is 0 Å². The summed E-state index contributed by atoms with van der Waals surface area (Å²) in [6.45, 7) is 2.56. The van der Waals surface area contributed by atoms with Crippen LogP contribution in [0, 0.1) is 17.2 Å². The Morgan fingerprint density at radius 1 is 1.59 bits per heavy atom. The minimum Gasteiger partial charge on any atom is -0.480 e. The fourth-order valence-corrected chi connectivity index (χ4v) is 2.11. The molecule has 1 aliphatic rings. The number of nitriles is 1. The largest absolute Gasteiger partial charge is 0.480 e. The zero-order chi connectivity index (χ0) is 12.4. The predicted octanol–water partition coefficient (Wildman–Crippen LogP) is 0.648. The molecule has 88 valence electrons. The number of carbonyl (C=O) groups is 1.